The van der Waals surface area contributed by atoms with Gasteiger partial charge in [0.1, 0.15) is 0 Å². The Labute approximate surface area is 109 Å². The topological polar surface area (TPSA) is 51.2 Å². The van der Waals surface area contributed by atoms with E-state index >= 15 is 0 Å². The van der Waals surface area contributed by atoms with E-state index < -0.39 is 32.1 Å². The van der Waals surface area contributed by atoms with E-state index in [4.69, 9.17) is 0 Å². The molecule has 96 valence electrons. The van der Waals surface area contributed by atoms with Gasteiger partial charge in [0.2, 0.25) is 0 Å². The van der Waals surface area contributed by atoms with Gasteiger partial charge in [0.15, 0.2) is 11.6 Å². The second kappa shape index (κ2) is 3.10. The maximum atomic E-state index is 12.8. The highest BCUT2D eigenvalue weighted by Crippen LogP contribution is 2.63. The van der Waals surface area contributed by atoms with Gasteiger partial charge in [-0.15, -0.1) is 0 Å². The van der Waals surface area contributed by atoms with Gasteiger partial charge in [-0.2, -0.15) is 0 Å². The molecule has 0 aromatic heterocycles. The van der Waals surface area contributed by atoms with Crippen LogP contribution in [0.15, 0.2) is 23.3 Å². The van der Waals surface area contributed by atoms with Crippen LogP contribution < -0.4 is 0 Å². The summed E-state index contributed by atoms with van der Waals surface area (Å²) < 4.78 is 11.5. The lowest BCUT2D eigenvalue weighted by molar-refractivity contribution is -0.130. The Bertz CT molecular complexity index is 538. The maximum Gasteiger partial charge on any atom is 0.161 e. The largest absolute Gasteiger partial charge is 0.294 e. The Kier molecular flexibility index (Phi) is 2.07. The predicted molar refractivity (Wildman–Crippen MR) is 69.5 cm³/mol. The molecule has 0 amide bonds. The molecule has 1 saturated heterocycles. The standard InChI is InChI=1S/C14H16O3S/c1-7-8(2)14(4)12-10(16)6-5-9(15)11(12)13(7,3)18(14)17/h5-6,11-12H,1-4H3/t11?,12?,13-,14+,18?. The molecule has 3 rings (SSSR count). The number of ketones is 2. The molecule has 0 aromatic rings. The zero-order valence-corrected chi connectivity index (χ0v) is 11.8. The van der Waals surface area contributed by atoms with E-state index in [1.807, 2.05) is 27.7 Å². The Morgan fingerprint density at radius 2 is 1.28 bits per heavy atom. The molecule has 3 aliphatic rings. The third-order valence-electron chi connectivity index (χ3n) is 5.37. The van der Waals surface area contributed by atoms with Crippen molar-refractivity contribution < 1.29 is 13.8 Å². The van der Waals surface area contributed by atoms with E-state index in [-0.39, 0.29) is 11.6 Å². The Hall–Kier alpha value is -1.03. The average Bonchev–Trinajstić information content (AvgIpc) is 2.59. The molecule has 2 bridgehead atoms. The number of rotatable bonds is 0. The monoisotopic (exact) mass is 264 g/mol. The lowest BCUT2D eigenvalue weighted by Gasteiger charge is -2.38. The van der Waals surface area contributed by atoms with Crippen molar-refractivity contribution in [1.82, 2.24) is 0 Å². The molecule has 0 aromatic carbocycles. The highest BCUT2D eigenvalue weighted by Gasteiger charge is 2.72. The quantitative estimate of drug-likeness (QED) is 0.624. The van der Waals surface area contributed by atoms with Gasteiger partial charge >= 0.3 is 0 Å². The van der Waals surface area contributed by atoms with Crippen molar-refractivity contribution in [1.29, 1.82) is 0 Å². The van der Waals surface area contributed by atoms with Crippen molar-refractivity contribution in [3.8, 4) is 0 Å². The molecule has 0 N–H and O–H groups in total. The van der Waals surface area contributed by atoms with Crippen LogP contribution >= 0.6 is 0 Å². The number of hydrogen-bond acceptors (Lipinski definition) is 3. The highest BCUT2D eigenvalue weighted by molar-refractivity contribution is 7.89. The summed E-state index contributed by atoms with van der Waals surface area (Å²) in [5, 5.41) is 0. The summed E-state index contributed by atoms with van der Waals surface area (Å²) in [5.41, 5.74) is 2.06. The van der Waals surface area contributed by atoms with E-state index in [0.29, 0.717) is 0 Å². The molecular formula is C14H16O3S. The molecule has 2 heterocycles. The molecule has 0 radical (unpaired) electrons. The SMILES string of the molecule is CC1=C(C)[C@]2(C)C3C(=O)C=CC(=O)C3[C@@]1(C)S2=O. The fraction of sp³-hybridized carbons (Fsp3) is 0.571. The zero-order valence-electron chi connectivity index (χ0n) is 10.9. The van der Waals surface area contributed by atoms with Gasteiger partial charge in [-0.05, 0) is 39.8 Å². The maximum absolute atomic E-state index is 12.8. The molecule has 1 aliphatic carbocycles. The molecule has 18 heavy (non-hydrogen) atoms. The molecule has 2 aliphatic heterocycles. The van der Waals surface area contributed by atoms with Crippen molar-refractivity contribution in [3.05, 3.63) is 23.3 Å². The van der Waals surface area contributed by atoms with Gasteiger partial charge in [-0.25, -0.2) is 0 Å². The van der Waals surface area contributed by atoms with Gasteiger partial charge < -0.3 is 0 Å². The summed E-state index contributed by atoms with van der Waals surface area (Å²) in [6.45, 7) is 7.65. The molecule has 0 spiro atoms. The van der Waals surface area contributed by atoms with Gasteiger partial charge in [0.25, 0.3) is 0 Å². The first-order valence-electron chi connectivity index (χ1n) is 6.13. The lowest BCUT2D eigenvalue weighted by Crippen LogP contribution is -2.48. The summed E-state index contributed by atoms with van der Waals surface area (Å²) in [7, 11) is -1.21. The van der Waals surface area contributed by atoms with Crippen LogP contribution in [0.3, 0.4) is 0 Å². The van der Waals surface area contributed by atoms with Crippen molar-refractivity contribution in [2.45, 2.75) is 37.2 Å². The van der Waals surface area contributed by atoms with E-state index in [1.165, 1.54) is 12.2 Å². The van der Waals surface area contributed by atoms with Crippen LogP contribution in [0.4, 0.5) is 0 Å². The first kappa shape index (κ1) is 12.0. The molecule has 4 heteroatoms. The minimum Gasteiger partial charge on any atom is -0.294 e. The predicted octanol–water partition coefficient (Wildman–Crippen LogP) is 1.56. The third kappa shape index (κ3) is 0.933. The Balaban J connectivity index is 2.35. The van der Waals surface area contributed by atoms with E-state index in [2.05, 4.69) is 0 Å². The third-order valence-corrected chi connectivity index (χ3v) is 8.03. The van der Waals surface area contributed by atoms with Crippen LogP contribution in [-0.2, 0) is 20.4 Å². The second-order valence-electron chi connectivity index (χ2n) is 5.83. The first-order valence-corrected chi connectivity index (χ1v) is 7.28. The smallest absolute Gasteiger partial charge is 0.161 e. The van der Waals surface area contributed by atoms with Gasteiger partial charge in [0.05, 0.1) is 21.3 Å². The van der Waals surface area contributed by atoms with E-state index in [0.717, 1.165) is 11.1 Å². The summed E-state index contributed by atoms with van der Waals surface area (Å²) in [4.78, 5) is 24.3. The first-order chi connectivity index (χ1) is 8.27. The number of hydrogen-bond donors (Lipinski definition) is 0. The molecule has 1 fully saturated rings. The van der Waals surface area contributed by atoms with Crippen molar-refractivity contribution >= 4 is 22.4 Å². The minimum atomic E-state index is -1.21. The molecule has 5 atom stereocenters. The van der Waals surface area contributed by atoms with Crippen LogP contribution in [0.2, 0.25) is 0 Å². The summed E-state index contributed by atoms with van der Waals surface area (Å²) in [5.74, 6) is -0.980. The molecule has 3 nitrogen and oxygen atoms in total. The molecule has 0 saturated carbocycles. The fourth-order valence-corrected chi connectivity index (χ4v) is 6.75. The van der Waals surface area contributed by atoms with Crippen LogP contribution in [0.5, 0.6) is 0 Å². The van der Waals surface area contributed by atoms with Crippen LogP contribution in [0, 0.1) is 11.8 Å². The van der Waals surface area contributed by atoms with Gasteiger partial charge in [0, 0.05) is 10.8 Å². The number of allylic oxidation sites excluding steroid dienone is 2. The number of carbonyl (C=O) groups excluding carboxylic acids is 2. The zero-order chi connectivity index (χ0) is 13.5. The van der Waals surface area contributed by atoms with Crippen molar-refractivity contribution in [3.63, 3.8) is 0 Å². The van der Waals surface area contributed by atoms with Crippen molar-refractivity contribution in [2.24, 2.45) is 11.8 Å². The average molecular weight is 264 g/mol. The highest BCUT2D eigenvalue weighted by atomic mass is 32.2. The van der Waals surface area contributed by atoms with Gasteiger partial charge in [-0.3, -0.25) is 13.8 Å². The van der Waals surface area contributed by atoms with Crippen LogP contribution in [0.25, 0.3) is 0 Å². The second-order valence-corrected chi connectivity index (χ2v) is 8.06. The Morgan fingerprint density at radius 1 is 0.944 bits per heavy atom. The lowest BCUT2D eigenvalue weighted by atomic mass is 9.61. The summed E-state index contributed by atoms with van der Waals surface area (Å²) >= 11 is 0. The van der Waals surface area contributed by atoms with E-state index in [9.17, 15) is 13.8 Å². The van der Waals surface area contributed by atoms with Crippen molar-refractivity contribution in [2.75, 3.05) is 0 Å². The summed E-state index contributed by atoms with van der Waals surface area (Å²) in [6.07, 6.45) is 2.72. The van der Waals surface area contributed by atoms with Crippen LogP contribution in [-0.4, -0.2) is 25.3 Å². The number of fused-ring (bicyclic) bond motifs is 5. The fourth-order valence-electron chi connectivity index (χ4n) is 4.04. The normalized spacial score (nSPS) is 50.1. The van der Waals surface area contributed by atoms with E-state index in [1.54, 1.807) is 0 Å². The van der Waals surface area contributed by atoms with Gasteiger partial charge in [-0.1, -0.05) is 11.1 Å². The van der Waals surface area contributed by atoms with Crippen LogP contribution in [0.1, 0.15) is 27.7 Å². The molecule has 3 unspecified atom stereocenters. The number of carbonyl (C=O) groups is 2. The molecular weight excluding hydrogens is 248 g/mol. The minimum absolute atomic E-state index is 0.0500. The Morgan fingerprint density at radius 3 is 1.61 bits per heavy atom. The summed E-state index contributed by atoms with van der Waals surface area (Å²) in [6, 6.07) is 0.